The second-order valence-corrected chi connectivity index (χ2v) is 7.08. The van der Waals surface area contributed by atoms with Crippen molar-refractivity contribution >= 4 is 5.91 Å². The van der Waals surface area contributed by atoms with Crippen molar-refractivity contribution in [1.29, 1.82) is 0 Å². The number of aromatic nitrogens is 2. The van der Waals surface area contributed by atoms with Crippen LogP contribution < -0.4 is 5.32 Å². The van der Waals surface area contributed by atoms with Gasteiger partial charge in [0.1, 0.15) is 0 Å². The molecule has 1 aromatic heterocycles. The Labute approximate surface area is 140 Å². The SMILES string of the molecule is CCn1cc(CCC(=O)NC2CCCCC2CN(C)C)c(C)n1. The summed E-state index contributed by atoms with van der Waals surface area (Å²) >= 11 is 0. The normalized spacial score (nSPS) is 21.6. The lowest BCUT2D eigenvalue weighted by atomic mass is 9.84. The fourth-order valence-corrected chi connectivity index (χ4v) is 3.58. The number of carbonyl (C=O) groups is 1. The number of carbonyl (C=O) groups excluding carboxylic acids is 1. The molecule has 0 aliphatic heterocycles. The van der Waals surface area contributed by atoms with Gasteiger partial charge in [0.25, 0.3) is 0 Å². The number of nitrogens with zero attached hydrogens (tertiary/aromatic N) is 3. The lowest BCUT2D eigenvalue weighted by molar-refractivity contribution is -0.122. The van der Waals surface area contributed by atoms with Crippen LogP contribution in [0.4, 0.5) is 0 Å². The second-order valence-electron chi connectivity index (χ2n) is 7.08. The van der Waals surface area contributed by atoms with Gasteiger partial charge >= 0.3 is 0 Å². The van der Waals surface area contributed by atoms with Gasteiger partial charge < -0.3 is 10.2 Å². The topological polar surface area (TPSA) is 50.2 Å². The van der Waals surface area contributed by atoms with Crippen molar-refractivity contribution < 1.29 is 4.79 Å². The Morgan fingerprint density at radius 2 is 2.13 bits per heavy atom. The summed E-state index contributed by atoms with van der Waals surface area (Å²) in [5.41, 5.74) is 2.23. The Morgan fingerprint density at radius 1 is 1.39 bits per heavy atom. The molecule has 5 heteroatoms. The van der Waals surface area contributed by atoms with E-state index in [0.29, 0.717) is 18.4 Å². The maximum atomic E-state index is 12.4. The first kappa shape index (κ1) is 18.0. The highest BCUT2D eigenvalue weighted by atomic mass is 16.1. The molecule has 0 aromatic carbocycles. The number of aryl methyl sites for hydroxylation is 3. The highest BCUT2D eigenvalue weighted by Crippen LogP contribution is 2.25. The molecule has 23 heavy (non-hydrogen) atoms. The maximum absolute atomic E-state index is 12.4. The third-order valence-electron chi connectivity index (χ3n) is 4.85. The summed E-state index contributed by atoms with van der Waals surface area (Å²) in [6.45, 7) is 6.04. The molecular weight excluding hydrogens is 288 g/mol. The lowest BCUT2D eigenvalue weighted by Crippen LogP contribution is -2.45. The third-order valence-corrected chi connectivity index (χ3v) is 4.85. The minimum Gasteiger partial charge on any atom is -0.353 e. The summed E-state index contributed by atoms with van der Waals surface area (Å²) in [5.74, 6) is 0.775. The number of hydrogen-bond donors (Lipinski definition) is 1. The minimum atomic E-state index is 0.185. The molecule has 5 nitrogen and oxygen atoms in total. The molecule has 1 saturated carbocycles. The largest absolute Gasteiger partial charge is 0.353 e. The fraction of sp³-hybridized carbons (Fsp3) is 0.778. The van der Waals surface area contributed by atoms with Crippen LogP contribution in [0, 0.1) is 12.8 Å². The van der Waals surface area contributed by atoms with Gasteiger partial charge in [0.2, 0.25) is 5.91 Å². The van der Waals surface area contributed by atoms with Crippen LogP contribution in [0.15, 0.2) is 6.20 Å². The average molecular weight is 320 g/mol. The molecule has 0 bridgehead atoms. The Bertz CT molecular complexity index is 509. The van der Waals surface area contributed by atoms with Crippen LogP contribution in [0.1, 0.15) is 50.3 Å². The zero-order valence-electron chi connectivity index (χ0n) is 15.1. The Morgan fingerprint density at radius 3 is 2.78 bits per heavy atom. The Hall–Kier alpha value is -1.36. The molecule has 0 saturated heterocycles. The predicted octanol–water partition coefficient (Wildman–Crippen LogP) is 2.38. The molecule has 130 valence electrons. The Kier molecular flexibility index (Phi) is 6.63. The molecule has 1 N–H and O–H groups in total. The first-order valence-electron chi connectivity index (χ1n) is 8.96. The highest BCUT2D eigenvalue weighted by molar-refractivity contribution is 5.76. The first-order chi connectivity index (χ1) is 11.0. The zero-order valence-corrected chi connectivity index (χ0v) is 15.1. The van der Waals surface area contributed by atoms with E-state index in [4.69, 9.17) is 0 Å². The van der Waals surface area contributed by atoms with E-state index in [1.165, 1.54) is 24.8 Å². The quantitative estimate of drug-likeness (QED) is 0.839. The van der Waals surface area contributed by atoms with Crippen LogP contribution in [0.3, 0.4) is 0 Å². The predicted molar refractivity (Wildman–Crippen MR) is 93.4 cm³/mol. The highest BCUT2D eigenvalue weighted by Gasteiger charge is 2.26. The van der Waals surface area contributed by atoms with Crippen LogP contribution in [-0.4, -0.2) is 47.3 Å². The van der Waals surface area contributed by atoms with Gasteiger partial charge in [-0.25, -0.2) is 0 Å². The molecule has 1 aromatic rings. The lowest BCUT2D eigenvalue weighted by Gasteiger charge is -2.34. The van der Waals surface area contributed by atoms with E-state index in [1.807, 2.05) is 11.6 Å². The van der Waals surface area contributed by atoms with E-state index >= 15 is 0 Å². The molecule has 2 unspecified atom stereocenters. The van der Waals surface area contributed by atoms with Gasteiger partial charge in [-0.2, -0.15) is 5.10 Å². The third kappa shape index (κ3) is 5.34. The summed E-state index contributed by atoms with van der Waals surface area (Å²) in [5, 5.41) is 7.74. The van der Waals surface area contributed by atoms with Crippen LogP contribution in [0.25, 0.3) is 0 Å². The van der Waals surface area contributed by atoms with Crippen molar-refractivity contribution in [2.75, 3.05) is 20.6 Å². The maximum Gasteiger partial charge on any atom is 0.220 e. The van der Waals surface area contributed by atoms with Crippen molar-refractivity contribution in [2.45, 2.75) is 65.0 Å². The number of rotatable bonds is 7. The molecule has 1 aliphatic carbocycles. The number of amides is 1. The van der Waals surface area contributed by atoms with Gasteiger partial charge in [-0.15, -0.1) is 0 Å². The zero-order chi connectivity index (χ0) is 16.8. The summed E-state index contributed by atoms with van der Waals surface area (Å²) in [6, 6.07) is 0.345. The summed E-state index contributed by atoms with van der Waals surface area (Å²) in [7, 11) is 4.23. The molecule has 1 amide bonds. The summed E-state index contributed by atoms with van der Waals surface area (Å²) in [4.78, 5) is 14.6. The monoisotopic (exact) mass is 320 g/mol. The van der Waals surface area contributed by atoms with Gasteiger partial charge in [0, 0.05) is 31.7 Å². The smallest absolute Gasteiger partial charge is 0.220 e. The first-order valence-corrected chi connectivity index (χ1v) is 8.96. The molecule has 1 aliphatic rings. The number of hydrogen-bond acceptors (Lipinski definition) is 3. The van der Waals surface area contributed by atoms with Crippen LogP contribution in [0.5, 0.6) is 0 Å². The standard InChI is InChI=1S/C18H32N4O/c1-5-22-13-15(14(2)20-22)10-11-18(23)19-17-9-7-6-8-16(17)12-21(3)4/h13,16-17H,5-12H2,1-4H3,(H,19,23). The minimum absolute atomic E-state index is 0.185. The molecule has 1 fully saturated rings. The van der Waals surface area contributed by atoms with Gasteiger partial charge in [-0.05, 0) is 58.7 Å². The van der Waals surface area contributed by atoms with Crippen molar-refractivity contribution in [3.8, 4) is 0 Å². The van der Waals surface area contributed by atoms with Gasteiger partial charge in [0.05, 0.1) is 5.69 Å². The van der Waals surface area contributed by atoms with E-state index in [-0.39, 0.29) is 5.91 Å². The molecule has 1 heterocycles. The van der Waals surface area contributed by atoms with E-state index in [9.17, 15) is 4.79 Å². The van der Waals surface area contributed by atoms with Crippen molar-refractivity contribution in [3.63, 3.8) is 0 Å². The molecule has 2 rings (SSSR count). The van der Waals surface area contributed by atoms with E-state index < -0.39 is 0 Å². The molecule has 0 radical (unpaired) electrons. The van der Waals surface area contributed by atoms with E-state index in [2.05, 4.69) is 42.5 Å². The summed E-state index contributed by atoms with van der Waals surface area (Å²) in [6.07, 6.45) is 8.28. The van der Waals surface area contributed by atoms with E-state index in [0.717, 1.165) is 31.6 Å². The average Bonchev–Trinajstić information content (AvgIpc) is 2.87. The van der Waals surface area contributed by atoms with Crippen LogP contribution in [0.2, 0.25) is 0 Å². The molecular formula is C18H32N4O. The Balaban J connectivity index is 1.84. The fourth-order valence-electron chi connectivity index (χ4n) is 3.58. The van der Waals surface area contributed by atoms with Crippen molar-refractivity contribution in [2.24, 2.45) is 5.92 Å². The van der Waals surface area contributed by atoms with Crippen molar-refractivity contribution in [1.82, 2.24) is 20.0 Å². The van der Waals surface area contributed by atoms with Crippen molar-refractivity contribution in [3.05, 3.63) is 17.5 Å². The second kappa shape index (κ2) is 8.48. The van der Waals surface area contributed by atoms with Gasteiger partial charge in [-0.3, -0.25) is 9.48 Å². The van der Waals surface area contributed by atoms with Crippen LogP contribution >= 0.6 is 0 Å². The number of nitrogens with one attached hydrogen (secondary N) is 1. The summed E-state index contributed by atoms with van der Waals surface area (Å²) < 4.78 is 1.94. The van der Waals surface area contributed by atoms with E-state index in [1.54, 1.807) is 0 Å². The molecule has 0 spiro atoms. The van der Waals surface area contributed by atoms with Crippen LogP contribution in [-0.2, 0) is 17.8 Å². The van der Waals surface area contributed by atoms with Gasteiger partial charge in [-0.1, -0.05) is 12.8 Å². The van der Waals surface area contributed by atoms with Gasteiger partial charge in [0.15, 0.2) is 0 Å². The molecule has 2 atom stereocenters.